The van der Waals surface area contributed by atoms with E-state index < -0.39 is 11.9 Å². The van der Waals surface area contributed by atoms with Gasteiger partial charge in [-0.25, -0.2) is 4.98 Å². The summed E-state index contributed by atoms with van der Waals surface area (Å²) in [5.41, 5.74) is 5.43. The number of carboxylic acids is 2. The number of nitrogens with zero attached hydrogens (tertiary/aromatic N) is 2. The van der Waals surface area contributed by atoms with E-state index >= 15 is 0 Å². The monoisotopic (exact) mass is 520 g/mol. The van der Waals surface area contributed by atoms with Crippen molar-refractivity contribution in [2.45, 2.75) is 13.8 Å². The number of carbonyl (C=O) groups is 2. The SMILES string of the molecule is Cc1ccc(C(=O)[O-])cc1.Cc1ccc(C(=O)[O-])cc1.[Mn+2].c1ccc(-c2nc3ccccc3[nH]2)nc1. The molecule has 0 spiro atoms. The average Bonchev–Trinajstić information content (AvgIpc) is 3.30. The Morgan fingerprint density at radius 2 is 1.19 bits per heavy atom. The number of hydrogen-bond donors (Lipinski definition) is 1. The molecule has 5 rings (SSSR count). The molecular weight excluding hydrogens is 497 g/mol. The summed E-state index contributed by atoms with van der Waals surface area (Å²) in [7, 11) is 0. The Hall–Kier alpha value is -4.26. The van der Waals surface area contributed by atoms with Crippen LogP contribution in [0.25, 0.3) is 22.6 Å². The molecule has 0 aliphatic carbocycles. The second-order valence-corrected chi connectivity index (χ2v) is 7.62. The molecule has 36 heavy (non-hydrogen) atoms. The van der Waals surface area contributed by atoms with E-state index in [0.717, 1.165) is 33.7 Å². The Morgan fingerprint density at radius 1 is 0.694 bits per heavy atom. The van der Waals surface area contributed by atoms with Crippen LogP contribution < -0.4 is 10.2 Å². The van der Waals surface area contributed by atoms with Gasteiger partial charge in [-0.3, -0.25) is 4.98 Å². The number of para-hydroxylation sites is 2. The summed E-state index contributed by atoms with van der Waals surface area (Å²) in [6, 6.07) is 26.8. The second-order valence-electron chi connectivity index (χ2n) is 7.62. The number of H-pyrrole nitrogens is 1. The molecule has 0 unspecified atom stereocenters. The van der Waals surface area contributed by atoms with E-state index in [4.69, 9.17) is 0 Å². The molecule has 8 heteroatoms. The number of rotatable bonds is 3. The predicted molar refractivity (Wildman–Crippen MR) is 130 cm³/mol. The number of nitrogens with one attached hydrogen (secondary N) is 1. The first-order valence-corrected chi connectivity index (χ1v) is 10.8. The molecule has 7 nitrogen and oxygen atoms in total. The van der Waals surface area contributed by atoms with Crippen LogP contribution >= 0.6 is 0 Å². The van der Waals surface area contributed by atoms with Crippen LogP contribution in [0.2, 0.25) is 0 Å². The largest absolute Gasteiger partial charge is 2.00 e. The Kier molecular flexibility index (Phi) is 10.6. The van der Waals surface area contributed by atoms with Crippen LogP contribution in [0.1, 0.15) is 31.8 Å². The first kappa shape index (κ1) is 28.0. The van der Waals surface area contributed by atoms with Gasteiger partial charge in [0, 0.05) is 6.20 Å². The molecule has 0 aliphatic rings. The molecule has 0 bridgehead atoms. The molecule has 0 fully saturated rings. The number of imidazole rings is 1. The maximum atomic E-state index is 10.2. The van der Waals surface area contributed by atoms with E-state index in [1.165, 1.54) is 24.3 Å². The standard InChI is InChI=1S/C12H9N3.2C8H8O2.Mn/c1-2-6-10-9(5-1)14-12(15-10)11-7-3-4-8-13-11;2*1-6-2-4-7(5-3-6)8(9)10;/h1-8H,(H,14,15);2*2-5H,1H3,(H,9,10);/q;;;+2/p-2. The van der Waals surface area contributed by atoms with Crippen LogP contribution in [0.4, 0.5) is 0 Å². The van der Waals surface area contributed by atoms with Crippen LogP contribution in [0.15, 0.2) is 97.2 Å². The van der Waals surface area contributed by atoms with E-state index in [0.29, 0.717) is 0 Å². The van der Waals surface area contributed by atoms with Gasteiger partial charge in [-0.05, 0) is 49.2 Å². The second kappa shape index (κ2) is 13.6. The molecule has 0 amide bonds. The van der Waals surface area contributed by atoms with Crippen molar-refractivity contribution in [3.8, 4) is 11.5 Å². The van der Waals surface area contributed by atoms with Gasteiger partial charge in [0.2, 0.25) is 0 Å². The van der Waals surface area contributed by atoms with Gasteiger partial charge in [0.1, 0.15) is 5.69 Å². The molecule has 5 aromatic rings. The minimum atomic E-state index is -1.12. The number of aromatic nitrogens is 3. The fraction of sp³-hybridized carbons (Fsp3) is 0.0714. The van der Waals surface area contributed by atoms with Crippen LogP contribution in [0, 0.1) is 13.8 Å². The van der Waals surface area contributed by atoms with E-state index in [9.17, 15) is 19.8 Å². The van der Waals surface area contributed by atoms with E-state index in [1.807, 2.05) is 56.3 Å². The molecule has 2 aromatic heterocycles. The van der Waals surface area contributed by atoms with Gasteiger partial charge < -0.3 is 24.8 Å². The third kappa shape index (κ3) is 8.20. The van der Waals surface area contributed by atoms with Crippen molar-refractivity contribution in [3.63, 3.8) is 0 Å². The molecular formula is C28H23MnN3O4. The number of hydrogen-bond acceptors (Lipinski definition) is 6. The molecule has 0 saturated carbocycles. The molecule has 181 valence electrons. The number of fused-ring (bicyclic) bond motifs is 1. The summed E-state index contributed by atoms with van der Waals surface area (Å²) in [4.78, 5) is 32.4. The number of aromatic amines is 1. The van der Waals surface area contributed by atoms with Crippen molar-refractivity contribution in [2.24, 2.45) is 0 Å². The summed E-state index contributed by atoms with van der Waals surface area (Å²) in [6.45, 7) is 3.80. The number of aromatic carboxylic acids is 2. The maximum Gasteiger partial charge on any atom is 2.00 e. The van der Waals surface area contributed by atoms with Crippen molar-refractivity contribution < 1.29 is 36.9 Å². The van der Waals surface area contributed by atoms with Crippen molar-refractivity contribution in [1.82, 2.24) is 15.0 Å². The van der Waals surface area contributed by atoms with E-state index in [-0.39, 0.29) is 28.2 Å². The topological polar surface area (TPSA) is 122 Å². The first-order chi connectivity index (χ1) is 16.8. The zero-order valence-electron chi connectivity index (χ0n) is 19.6. The van der Waals surface area contributed by atoms with Gasteiger partial charge >= 0.3 is 17.1 Å². The minimum absolute atomic E-state index is 0. The first-order valence-electron chi connectivity index (χ1n) is 10.8. The number of aryl methyl sites for hydroxylation is 2. The maximum absolute atomic E-state index is 10.2. The molecule has 3 aromatic carbocycles. The summed E-state index contributed by atoms with van der Waals surface area (Å²) in [5, 5.41) is 20.4. The van der Waals surface area contributed by atoms with Crippen molar-refractivity contribution >= 4 is 23.0 Å². The zero-order valence-corrected chi connectivity index (χ0v) is 20.8. The fourth-order valence-electron chi connectivity index (χ4n) is 2.96. The number of benzene rings is 3. The molecule has 0 atom stereocenters. The Bertz CT molecular complexity index is 1310. The fourth-order valence-corrected chi connectivity index (χ4v) is 2.96. The van der Waals surface area contributed by atoms with Gasteiger partial charge in [0.25, 0.3) is 0 Å². The van der Waals surface area contributed by atoms with Gasteiger partial charge in [-0.2, -0.15) is 0 Å². The third-order valence-electron chi connectivity index (χ3n) is 4.87. The molecule has 1 radical (unpaired) electrons. The third-order valence-corrected chi connectivity index (χ3v) is 4.87. The Balaban J connectivity index is 0.000000195. The Labute approximate surface area is 219 Å². The number of pyridine rings is 1. The van der Waals surface area contributed by atoms with Gasteiger partial charge in [-0.15, -0.1) is 0 Å². The summed E-state index contributed by atoms with van der Waals surface area (Å²) in [6.07, 6.45) is 1.77. The van der Waals surface area contributed by atoms with Crippen LogP contribution in [-0.4, -0.2) is 26.9 Å². The van der Waals surface area contributed by atoms with Gasteiger partial charge in [0.15, 0.2) is 5.82 Å². The summed E-state index contributed by atoms with van der Waals surface area (Å²) in [5.74, 6) is -1.43. The normalized spacial score (nSPS) is 9.61. The average molecular weight is 520 g/mol. The van der Waals surface area contributed by atoms with Crippen LogP contribution in [0.5, 0.6) is 0 Å². The predicted octanol–water partition coefficient (Wildman–Crippen LogP) is 3.34. The van der Waals surface area contributed by atoms with Crippen LogP contribution in [-0.2, 0) is 17.1 Å². The van der Waals surface area contributed by atoms with E-state index in [1.54, 1.807) is 30.5 Å². The van der Waals surface area contributed by atoms with Crippen molar-refractivity contribution in [3.05, 3.63) is 119 Å². The Morgan fingerprint density at radius 3 is 1.64 bits per heavy atom. The van der Waals surface area contributed by atoms with Crippen molar-refractivity contribution in [1.29, 1.82) is 0 Å². The number of carbonyl (C=O) groups excluding carboxylic acids is 2. The van der Waals surface area contributed by atoms with Gasteiger partial charge in [0.05, 0.1) is 23.0 Å². The molecule has 0 saturated heterocycles. The zero-order chi connectivity index (χ0) is 25.2. The molecule has 1 N–H and O–H groups in total. The van der Waals surface area contributed by atoms with Gasteiger partial charge in [-0.1, -0.05) is 77.9 Å². The number of carboxylic acid groups (broad SMARTS) is 2. The summed E-state index contributed by atoms with van der Waals surface area (Å²) < 4.78 is 0. The molecule has 0 aliphatic heterocycles. The van der Waals surface area contributed by atoms with Crippen LogP contribution in [0.3, 0.4) is 0 Å². The molecule has 2 heterocycles. The van der Waals surface area contributed by atoms with Crippen molar-refractivity contribution in [2.75, 3.05) is 0 Å². The minimum Gasteiger partial charge on any atom is -0.545 e. The summed E-state index contributed by atoms with van der Waals surface area (Å²) >= 11 is 0. The van der Waals surface area contributed by atoms with E-state index in [2.05, 4.69) is 15.0 Å². The smallest absolute Gasteiger partial charge is 0.545 e. The quantitative estimate of drug-likeness (QED) is 0.364.